The molecule has 0 aliphatic carbocycles. The van der Waals surface area contributed by atoms with Gasteiger partial charge in [0.25, 0.3) is 0 Å². The van der Waals surface area contributed by atoms with Gasteiger partial charge in [0.15, 0.2) is 0 Å². The number of carboxylic acid groups (broad SMARTS) is 1. The molecule has 0 aromatic carbocycles. The van der Waals surface area contributed by atoms with Gasteiger partial charge in [-0.15, -0.1) is 0 Å². The average molecular weight is 328 g/mol. The maximum Gasteiger partial charge on any atom is 0.317 e. The first-order chi connectivity index (χ1) is 11.2. The van der Waals surface area contributed by atoms with Crippen molar-refractivity contribution in [2.75, 3.05) is 19.6 Å². The highest BCUT2D eigenvalue weighted by molar-refractivity contribution is 5.69. The van der Waals surface area contributed by atoms with Gasteiger partial charge in [-0.25, -0.2) is 0 Å². The summed E-state index contributed by atoms with van der Waals surface area (Å²) >= 11 is 0. The largest absolute Gasteiger partial charge is 0.480 e. The molecule has 0 radical (unpaired) electrons. The van der Waals surface area contributed by atoms with E-state index in [4.69, 9.17) is 5.11 Å². The Morgan fingerprint density at radius 2 is 1.00 bits per heavy atom. The molecule has 0 unspecified atom stereocenters. The van der Waals surface area contributed by atoms with E-state index in [0.717, 1.165) is 25.9 Å². The van der Waals surface area contributed by atoms with Crippen molar-refractivity contribution in [3.8, 4) is 0 Å². The minimum atomic E-state index is -0.684. The standard InChI is InChI=1S/C20H41NO2/c1-3-5-7-9-11-13-15-17-21(19-20(22)23)18-16-14-12-10-8-6-4-2/h3-19H2,1-2H3,(H,22,23). The molecule has 0 saturated heterocycles. The van der Waals surface area contributed by atoms with Crippen molar-refractivity contribution in [3.63, 3.8) is 0 Å². The summed E-state index contributed by atoms with van der Waals surface area (Å²) < 4.78 is 0. The van der Waals surface area contributed by atoms with E-state index in [2.05, 4.69) is 18.7 Å². The lowest BCUT2D eigenvalue weighted by Gasteiger charge is -2.20. The summed E-state index contributed by atoms with van der Waals surface area (Å²) in [7, 11) is 0. The summed E-state index contributed by atoms with van der Waals surface area (Å²) in [5.41, 5.74) is 0. The van der Waals surface area contributed by atoms with Gasteiger partial charge in [0, 0.05) is 0 Å². The zero-order valence-electron chi connectivity index (χ0n) is 15.8. The first-order valence-corrected chi connectivity index (χ1v) is 10.1. The van der Waals surface area contributed by atoms with Crippen molar-refractivity contribution < 1.29 is 9.90 Å². The van der Waals surface area contributed by atoms with Crippen molar-refractivity contribution in [2.45, 2.75) is 104 Å². The summed E-state index contributed by atoms with van der Waals surface area (Å²) in [6, 6.07) is 0. The number of rotatable bonds is 18. The van der Waals surface area contributed by atoms with Crippen LogP contribution < -0.4 is 0 Å². The highest BCUT2D eigenvalue weighted by Gasteiger charge is 2.08. The van der Waals surface area contributed by atoms with Gasteiger partial charge in [-0.05, 0) is 25.9 Å². The fourth-order valence-corrected chi connectivity index (χ4v) is 3.05. The van der Waals surface area contributed by atoms with Crippen LogP contribution in [0.2, 0.25) is 0 Å². The SMILES string of the molecule is CCCCCCCCCN(CCCCCCCCC)CC(=O)O. The smallest absolute Gasteiger partial charge is 0.317 e. The van der Waals surface area contributed by atoms with Gasteiger partial charge in [-0.1, -0.05) is 90.9 Å². The molecule has 0 bridgehead atoms. The lowest BCUT2D eigenvalue weighted by atomic mass is 10.1. The van der Waals surface area contributed by atoms with E-state index in [1.807, 2.05) is 0 Å². The summed E-state index contributed by atoms with van der Waals surface area (Å²) in [5.74, 6) is -0.684. The van der Waals surface area contributed by atoms with Crippen molar-refractivity contribution in [3.05, 3.63) is 0 Å². The molecule has 138 valence electrons. The van der Waals surface area contributed by atoms with E-state index < -0.39 is 5.97 Å². The molecule has 23 heavy (non-hydrogen) atoms. The number of carboxylic acids is 1. The van der Waals surface area contributed by atoms with E-state index in [9.17, 15) is 4.79 Å². The van der Waals surface area contributed by atoms with Gasteiger partial charge < -0.3 is 5.11 Å². The van der Waals surface area contributed by atoms with Crippen LogP contribution in [0.3, 0.4) is 0 Å². The maximum absolute atomic E-state index is 11.0. The van der Waals surface area contributed by atoms with Gasteiger partial charge in [0.2, 0.25) is 0 Å². The quantitative estimate of drug-likeness (QED) is 0.320. The first kappa shape index (κ1) is 22.4. The van der Waals surface area contributed by atoms with Crippen molar-refractivity contribution in [1.29, 1.82) is 0 Å². The second kappa shape index (κ2) is 17.8. The summed E-state index contributed by atoms with van der Waals surface area (Å²) in [6.07, 6.45) is 18.1. The third kappa shape index (κ3) is 17.6. The molecule has 3 heteroatoms. The van der Waals surface area contributed by atoms with E-state index in [1.165, 1.54) is 77.0 Å². The van der Waals surface area contributed by atoms with Crippen LogP contribution in [0.5, 0.6) is 0 Å². The number of aliphatic carboxylic acids is 1. The highest BCUT2D eigenvalue weighted by Crippen LogP contribution is 2.10. The molecule has 0 aromatic heterocycles. The lowest BCUT2D eigenvalue weighted by Crippen LogP contribution is -2.31. The van der Waals surface area contributed by atoms with Crippen LogP contribution in [0.15, 0.2) is 0 Å². The Morgan fingerprint density at radius 1 is 0.652 bits per heavy atom. The number of hydrogen-bond acceptors (Lipinski definition) is 2. The fraction of sp³-hybridized carbons (Fsp3) is 0.950. The van der Waals surface area contributed by atoms with Crippen LogP contribution in [-0.2, 0) is 4.79 Å². The number of nitrogens with zero attached hydrogens (tertiary/aromatic N) is 1. The Balaban J connectivity index is 3.62. The Hall–Kier alpha value is -0.570. The molecule has 0 atom stereocenters. The van der Waals surface area contributed by atoms with Crippen LogP contribution in [0.4, 0.5) is 0 Å². The Morgan fingerprint density at radius 3 is 1.35 bits per heavy atom. The summed E-state index contributed by atoms with van der Waals surface area (Å²) in [5, 5.41) is 9.04. The van der Waals surface area contributed by atoms with E-state index in [0.29, 0.717) is 0 Å². The highest BCUT2D eigenvalue weighted by atomic mass is 16.4. The van der Waals surface area contributed by atoms with Gasteiger partial charge in [0.05, 0.1) is 6.54 Å². The maximum atomic E-state index is 11.0. The molecule has 0 heterocycles. The third-order valence-corrected chi connectivity index (χ3v) is 4.51. The molecule has 0 saturated carbocycles. The molecule has 0 rings (SSSR count). The van der Waals surface area contributed by atoms with Crippen LogP contribution in [0.1, 0.15) is 104 Å². The molecular weight excluding hydrogens is 286 g/mol. The van der Waals surface area contributed by atoms with Crippen molar-refractivity contribution >= 4 is 5.97 Å². The molecular formula is C20H41NO2. The van der Waals surface area contributed by atoms with Crippen LogP contribution in [0, 0.1) is 0 Å². The van der Waals surface area contributed by atoms with Crippen molar-refractivity contribution in [1.82, 2.24) is 4.90 Å². The fourth-order valence-electron chi connectivity index (χ4n) is 3.05. The molecule has 0 fully saturated rings. The van der Waals surface area contributed by atoms with Crippen LogP contribution in [-0.4, -0.2) is 35.6 Å². The molecule has 1 N–H and O–H groups in total. The molecule has 3 nitrogen and oxygen atoms in total. The van der Waals surface area contributed by atoms with Crippen molar-refractivity contribution in [2.24, 2.45) is 0 Å². The van der Waals surface area contributed by atoms with Gasteiger partial charge in [0.1, 0.15) is 0 Å². The topological polar surface area (TPSA) is 40.5 Å². The van der Waals surface area contributed by atoms with E-state index in [1.54, 1.807) is 0 Å². The summed E-state index contributed by atoms with van der Waals surface area (Å²) in [4.78, 5) is 13.1. The second-order valence-electron chi connectivity index (χ2n) is 6.91. The predicted octanol–water partition coefficient (Wildman–Crippen LogP) is 5.87. The molecule has 0 spiro atoms. The molecule has 0 aliphatic heterocycles. The zero-order chi connectivity index (χ0) is 17.2. The van der Waals surface area contributed by atoms with E-state index in [-0.39, 0.29) is 6.54 Å². The predicted molar refractivity (Wildman–Crippen MR) is 100 cm³/mol. The molecule has 0 aromatic rings. The second-order valence-corrected chi connectivity index (χ2v) is 6.91. The Kier molecular flexibility index (Phi) is 17.3. The minimum absolute atomic E-state index is 0.214. The van der Waals surface area contributed by atoms with Gasteiger partial charge in [-0.3, -0.25) is 9.69 Å². The zero-order valence-corrected chi connectivity index (χ0v) is 15.8. The molecule has 0 aliphatic rings. The van der Waals surface area contributed by atoms with Crippen LogP contribution in [0.25, 0.3) is 0 Å². The number of unbranched alkanes of at least 4 members (excludes halogenated alkanes) is 12. The van der Waals surface area contributed by atoms with Gasteiger partial charge in [-0.2, -0.15) is 0 Å². The van der Waals surface area contributed by atoms with Crippen LogP contribution >= 0.6 is 0 Å². The monoisotopic (exact) mass is 327 g/mol. The minimum Gasteiger partial charge on any atom is -0.480 e. The normalized spacial score (nSPS) is 11.3. The number of carbonyl (C=O) groups is 1. The first-order valence-electron chi connectivity index (χ1n) is 10.1. The average Bonchev–Trinajstić information content (AvgIpc) is 2.52. The lowest BCUT2D eigenvalue weighted by molar-refractivity contribution is -0.138. The molecule has 0 amide bonds. The Bertz CT molecular complexity index is 238. The number of hydrogen-bond donors (Lipinski definition) is 1. The Labute approximate surface area is 144 Å². The van der Waals surface area contributed by atoms with E-state index >= 15 is 0 Å². The van der Waals surface area contributed by atoms with Gasteiger partial charge >= 0.3 is 5.97 Å². The summed E-state index contributed by atoms with van der Waals surface area (Å²) in [6.45, 7) is 6.61. The third-order valence-electron chi connectivity index (χ3n) is 4.51.